The first-order valence-corrected chi connectivity index (χ1v) is 8.55. The van der Waals surface area contributed by atoms with Crippen LogP contribution in [0.4, 0.5) is 0 Å². The predicted octanol–water partition coefficient (Wildman–Crippen LogP) is 4.47. The summed E-state index contributed by atoms with van der Waals surface area (Å²) in [5.41, 5.74) is 1.80. The maximum atomic E-state index is 11.1. The summed E-state index contributed by atoms with van der Waals surface area (Å²) in [5.74, 6) is -0.000908. The zero-order valence-electron chi connectivity index (χ0n) is 12.4. The van der Waals surface area contributed by atoms with E-state index in [0.29, 0.717) is 0 Å². The SMILES string of the molecule is CC(C)(C)SCc1nc(-c2ccccc2)c(CC(=O)O)s1. The summed E-state index contributed by atoms with van der Waals surface area (Å²) in [6, 6.07) is 9.79. The predicted molar refractivity (Wildman–Crippen MR) is 89.9 cm³/mol. The lowest BCUT2D eigenvalue weighted by Crippen LogP contribution is -2.07. The first-order chi connectivity index (χ1) is 9.85. The van der Waals surface area contributed by atoms with Crippen LogP contribution in [0.2, 0.25) is 0 Å². The zero-order chi connectivity index (χ0) is 15.5. The van der Waals surface area contributed by atoms with E-state index < -0.39 is 5.97 Å². The lowest BCUT2D eigenvalue weighted by Gasteiger charge is -2.16. The highest BCUT2D eigenvalue weighted by Crippen LogP contribution is 2.33. The number of thioether (sulfide) groups is 1. The van der Waals surface area contributed by atoms with Gasteiger partial charge < -0.3 is 5.11 Å². The summed E-state index contributed by atoms with van der Waals surface area (Å²) in [4.78, 5) is 16.6. The van der Waals surface area contributed by atoms with E-state index >= 15 is 0 Å². The van der Waals surface area contributed by atoms with Crippen LogP contribution in [-0.2, 0) is 17.0 Å². The zero-order valence-corrected chi connectivity index (χ0v) is 14.1. The third kappa shape index (κ3) is 4.86. The maximum Gasteiger partial charge on any atom is 0.308 e. The molecule has 0 aliphatic heterocycles. The standard InChI is InChI=1S/C16H19NO2S2/c1-16(2,3)20-10-13-17-15(11-7-5-4-6-8-11)12(21-13)9-14(18)19/h4-8H,9-10H2,1-3H3,(H,18,19). The number of carbonyl (C=O) groups is 1. The van der Waals surface area contributed by atoms with Gasteiger partial charge in [-0.2, -0.15) is 0 Å². The molecule has 0 saturated heterocycles. The molecule has 2 aromatic rings. The Morgan fingerprint density at radius 2 is 1.95 bits per heavy atom. The summed E-state index contributed by atoms with van der Waals surface area (Å²) in [5, 5.41) is 10.1. The lowest BCUT2D eigenvalue weighted by atomic mass is 10.1. The van der Waals surface area contributed by atoms with Crippen LogP contribution < -0.4 is 0 Å². The van der Waals surface area contributed by atoms with Crippen molar-refractivity contribution in [3.63, 3.8) is 0 Å². The van der Waals surface area contributed by atoms with E-state index in [1.54, 1.807) is 0 Å². The minimum absolute atomic E-state index is 0.0298. The fourth-order valence-electron chi connectivity index (χ4n) is 1.82. The molecule has 0 fully saturated rings. The molecule has 0 spiro atoms. The second kappa shape index (κ2) is 6.62. The Bertz CT molecular complexity index is 615. The van der Waals surface area contributed by atoms with E-state index in [-0.39, 0.29) is 11.2 Å². The van der Waals surface area contributed by atoms with Gasteiger partial charge >= 0.3 is 5.97 Å². The average molecular weight is 321 g/mol. The fraction of sp³-hybridized carbons (Fsp3) is 0.375. The van der Waals surface area contributed by atoms with Gasteiger partial charge in [-0.3, -0.25) is 4.79 Å². The van der Waals surface area contributed by atoms with E-state index in [4.69, 9.17) is 5.11 Å². The molecular formula is C16H19NO2S2. The van der Waals surface area contributed by atoms with Gasteiger partial charge in [0.15, 0.2) is 0 Å². The Hall–Kier alpha value is -1.33. The molecule has 0 unspecified atom stereocenters. The molecule has 0 atom stereocenters. The Kier molecular flexibility index (Phi) is 5.06. The number of aliphatic carboxylic acids is 1. The molecule has 0 aliphatic carbocycles. The van der Waals surface area contributed by atoms with Gasteiger partial charge in [-0.25, -0.2) is 4.98 Å². The molecule has 2 rings (SSSR count). The Morgan fingerprint density at radius 1 is 1.29 bits per heavy atom. The van der Waals surface area contributed by atoms with Crippen LogP contribution in [0, 0.1) is 0 Å². The Labute approximate surface area is 133 Å². The van der Waals surface area contributed by atoms with Crippen molar-refractivity contribution in [3.8, 4) is 11.3 Å². The van der Waals surface area contributed by atoms with Crippen molar-refractivity contribution >= 4 is 29.1 Å². The van der Waals surface area contributed by atoms with Crippen molar-refractivity contribution in [1.82, 2.24) is 4.98 Å². The van der Waals surface area contributed by atoms with Crippen molar-refractivity contribution in [2.45, 2.75) is 37.7 Å². The van der Waals surface area contributed by atoms with E-state index in [0.717, 1.165) is 26.9 Å². The smallest absolute Gasteiger partial charge is 0.308 e. The van der Waals surface area contributed by atoms with Gasteiger partial charge in [-0.1, -0.05) is 51.1 Å². The topological polar surface area (TPSA) is 50.2 Å². The van der Waals surface area contributed by atoms with Gasteiger partial charge in [-0.05, 0) is 0 Å². The molecule has 5 heteroatoms. The van der Waals surface area contributed by atoms with Crippen molar-refractivity contribution in [1.29, 1.82) is 0 Å². The van der Waals surface area contributed by atoms with Crippen LogP contribution in [0.3, 0.4) is 0 Å². The van der Waals surface area contributed by atoms with E-state index in [9.17, 15) is 4.79 Å². The van der Waals surface area contributed by atoms with E-state index in [2.05, 4.69) is 25.8 Å². The van der Waals surface area contributed by atoms with Gasteiger partial charge in [0, 0.05) is 20.9 Å². The molecule has 0 saturated carbocycles. The van der Waals surface area contributed by atoms with Crippen LogP contribution in [-0.4, -0.2) is 20.8 Å². The Balaban J connectivity index is 2.29. The number of benzene rings is 1. The first kappa shape index (κ1) is 16.0. The molecule has 0 radical (unpaired) electrons. The van der Waals surface area contributed by atoms with Crippen molar-refractivity contribution < 1.29 is 9.90 Å². The van der Waals surface area contributed by atoms with Crippen LogP contribution in [0.25, 0.3) is 11.3 Å². The molecule has 0 bridgehead atoms. The van der Waals surface area contributed by atoms with Gasteiger partial charge in [0.25, 0.3) is 0 Å². The Morgan fingerprint density at radius 3 is 2.52 bits per heavy atom. The van der Waals surface area contributed by atoms with Crippen molar-refractivity contribution in [2.75, 3.05) is 0 Å². The third-order valence-electron chi connectivity index (χ3n) is 2.73. The quantitative estimate of drug-likeness (QED) is 0.883. The number of nitrogens with zero attached hydrogens (tertiary/aromatic N) is 1. The second-order valence-electron chi connectivity index (χ2n) is 5.72. The third-order valence-corrected chi connectivity index (χ3v) is 5.25. The number of rotatable bonds is 5. The van der Waals surface area contributed by atoms with Gasteiger partial charge in [-0.15, -0.1) is 23.1 Å². The average Bonchev–Trinajstić information content (AvgIpc) is 2.79. The molecule has 1 heterocycles. The number of aromatic nitrogens is 1. The highest BCUT2D eigenvalue weighted by molar-refractivity contribution is 7.99. The second-order valence-corrected chi connectivity index (χ2v) is 8.69. The molecule has 3 nitrogen and oxygen atoms in total. The molecule has 1 aromatic carbocycles. The van der Waals surface area contributed by atoms with Crippen molar-refractivity contribution in [3.05, 3.63) is 40.2 Å². The first-order valence-electron chi connectivity index (χ1n) is 6.75. The summed E-state index contributed by atoms with van der Waals surface area (Å²) >= 11 is 3.33. The molecular weight excluding hydrogens is 302 g/mol. The minimum atomic E-state index is -0.814. The van der Waals surface area contributed by atoms with Gasteiger partial charge in [0.2, 0.25) is 0 Å². The summed E-state index contributed by atoms with van der Waals surface area (Å²) in [6.07, 6.45) is 0.0298. The van der Waals surface area contributed by atoms with E-state index in [1.165, 1.54) is 11.3 Å². The molecule has 21 heavy (non-hydrogen) atoms. The van der Waals surface area contributed by atoms with Gasteiger partial charge in [0.1, 0.15) is 5.01 Å². The number of carboxylic acids is 1. The molecule has 0 amide bonds. The number of carboxylic acid groups (broad SMARTS) is 1. The van der Waals surface area contributed by atoms with E-state index in [1.807, 2.05) is 42.1 Å². The summed E-state index contributed by atoms with van der Waals surface area (Å²) in [6.45, 7) is 6.50. The molecule has 1 N–H and O–H groups in total. The number of thiazole rings is 1. The minimum Gasteiger partial charge on any atom is -0.481 e. The monoisotopic (exact) mass is 321 g/mol. The van der Waals surface area contributed by atoms with Crippen molar-refractivity contribution in [2.24, 2.45) is 0 Å². The highest BCUT2D eigenvalue weighted by atomic mass is 32.2. The molecule has 0 aliphatic rings. The molecule has 1 aromatic heterocycles. The normalized spacial score (nSPS) is 11.6. The fourth-order valence-corrected chi connectivity index (χ4v) is 3.73. The summed E-state index contributed by atoms with van der Waals surface area (Å²) in [7, 11) is 0. The molecule has 112 valence electrons. The highest BCUT2D eigenvalue weighted by Gasteiger charge is 2.17. The lowest BCUT2D eigenvalue weighted by molar-refractivity contribution is -0.136. The van der Waals surface area contributed by atoms with Crippen LogP contribution >= 0.6 is 23.1 Å². The summed E-state index contributed by atoms with van der Waals surface area (Å²) < 4.78 is 0.172. The van der Waals surface area contributed by atoms with Crippen LogP contribution in [0.15, 0.2) is 30.3 Å². The van der Waals surface area contributed by atoms with Gasteiger partial charge in [0.05, 0.1) is 12.1 Å². The maximum absolute atomic E-state index is 11.1. The largest absolute Gasteiger partial charge is 0.481 e. The van der Waals surface area contributed by atoms with Crippen LogP contribution in [0.5, 0.6) is 0 Å². The number of hydrogen-bond donors (Lipinski definition) is 1. The van der Waals surface area contributed by atoms with Crippen LogP contribution in [0.1, 0.15) is 30.7 Å². The number of hydrogen-bond acceptors (Lipinski definition) is 4.